The summed E-state index contributed by atoms with van der Waals surface area (Å²) in [5, 5.41) is 8.24. The van der Waals surface area contributed by atoms with Gasteiger partial charge in [-0.1, -0.05) is 36.9 Å². The molecule has 6 heteroatoms. The lowest BCUT2D eigenvalue weighted by Gasteiger charge is -2.22. The Kier molecular flexibility index (Phi) is 6.10. The topological polar surface area (TPSA) is 58.2 Å². The van der Waals surface area contributed by atoms with Gasteiger partial charge in [0.05, 0.1) is 17.1 Å². The number of anilines is 1. The second kappa shape index (κ2) is 8.50. The van der Waals surface area contributed by atoms with Gasteiger partial charge in [0, 0.05) is 16.5 Å². The summed E-state index contributed by atoms with van der Waals surface area (Å²) in [6, 6.07) is 9.06. The van der Waals surface area contributed by atoms with Crippen molar-refractivity contribution in [3.05, 3.63) is 51.2 Å². The minimum absolute atomic E-state index is 0.114. The van der Waals surface area contributed by atoms with E-state index < -0.39 is 0 Å². The van der Waals surface area contributed by atoms with E-state index in [1.165, 1.54) is 17.8 Å². The summed E-state index contributed by atoms with van der Waals surface area (Å²) in [7, 11) is 0. The Labute approximate surface area is 156 Å². The summed E-state index contributed by atoms with van der Waals surface area (Å²) in [6.45, 7) is 0. The molecule has 0 bridgehead atoms. The van der Waals surface area contributed by atoms with Crippen LogP contribution in [0.15, 0.2) is 35.7 Å². The molecule has 4 nitrogen and oxygen atoms in total. The maximum absolute atomic E-state index is 12.5. The second-order valence-corrected chi connectivity index (χ2v) is 7.75. The predicted molar refractivity (Wildman–Crippen MR) is 102 cm³/mol. The third kappa shape index (κ3) is 5.06. The molecule has 3 rings (SSSR count). The van der Waals surface area contributed by atoms with Crippen LogP contribution in [-0.2, 0) is 11.2 Å². The third-order valence-corrected chi connectivity index (χ3v) is 5.56. The van der Waals surface area contributed by atoms with Crippen molar-refractivity contribution in [2.75, 3.05) is 5.32 Å². The summed E-state index contributed by atoms with van der Waals surface area (Å²) < 4.78 is 0. The highest BCUT2D eigenvalue weighted by Crippen LogP contribution is 2.24. The second-order valence-electron chi connectivity index (χ2n) is 6.31. The maximum atomic E-state index is 12.5. The van der Waals surface area contributed by atoms with Crippen LogP contribution in [0.1, 0.15) is 47.3 Å². The fourth-order valence-corrected chi connectivity index (χ4v) is 3.91. The largest absolute Gasteiger partial charge is 0.349 e. The molecule has 0 spiro atoms. The van der Waals surface area contributed by atoms with Gasteiger partial charge < -0.3 is 10.6 Å². The fourth-order valence-electron chi connectivity index (χ4n) is 3.04. The van der Waals surface area contributed by atoms with E-state index >= 15 is 0 Å². The van der Waals surface area contributed by atoms with Crippen molar-refractivity contribution in [2.45, 2.75) is 44.6 Å². The molecule has 1 aromatic heterocycles. The van der Waals surface area contributed by atoms with Crippen molar-refractivity contribution >= 4 is 40.4 Å². The van der Waals surface area contributed by atoms with Crippen molar-refractivity contribution in [1.29, 1.82) is 0 Å². The van der Waals surface area contributed by atoms with Crippen molar-refractivity contribution in [2.24, 2.45) is 0 Å². The van der Waals surface area contributed by atoms with E-state index in [4.69, 9.17) is 11.6 Å². The Morgan fingerprint density at radius 2 is 1.96 bits per heavy atom. The summed E-state index contributed by atoms with van der Waals surface area (Å²) in [5.74, 6) is -0.258. The SMILES string of the molecule is O=C(Cc1cccs1)Nc1cc(C(=O)NC2CCCCC2)ccc1Cl. The highest BCUT2D eigenvalue weighted by molar-refractivity contribution is 7.10. The summed E-state index contributed by atoms with van der Waals surface area (Å²) in [4.78, 5) is 25.6. The van der Waals surface area contributed by atoms with Gasteiger partial charge in [-0.2, -0.15) is 0 Å². The molecule has 1 heterocycles. The van der Waals surface area contributed by atoms with Crippen LogP contribution in [0.4, 0.5) is 5.69 Å². The van der Waals surface area contributed by atoms with Crippen molar-refractivity contribution in [1.82, 2.24) is 5.32 Å². The van der Waals surface area contributed by atoms with Gasteiger partial charge in [-0.15, -0.1) is 11.3 Å². The van der Waals surface area contributed by atoms with Crippen LogP contribution in [0.5, 0.6) is 0 Å². The molecule has 2 amide bonds. The molecule has 1 saturated carbocycles. The summed E-state index contributed by atoms with van der Waals surface area (Å²) in [5.41, 5.74) is 0.987. The smallest absolute Gasteiger partial charge is 0.251 e. The quantitative estimate of drug-likeness (QED) is 0.798. The molecule has 132 valence electrons. The number of hydrogen-bond acceptors (Lipinski definition) is 3. The van der Waals surface area contributed by atoms with E-state index in [9.17, 15) is 9.59 Å². The first-order chi connectivity index (χ1) is 12.1. The number of halogens is 1. The lowest BCUT2D eigenvalue weighted by molar-refractivity contribution is -0.115. The van der Waals surface area contributed by atoms with Crippen LogP contribution in [0.25, 0.3) is 0 Å². The number of hydrogen-bond donors (Lipinski definition) is 2. The van der Waals surface area contributed by atoms with Gasteiger partial charge in [-0.05, 0) is 42.5 Å². The Balaban J connectivity index is 1.64. The molecule has 0 radical (unpaired) electrons. The Morgan fingerprint density at radius 3 is 2.68 bits per heavy atom. The Morgan fingerprint density at radius 1 is 1.16 bits per heavy atom. The maximum Gasteiger partial charge on any atom is 0.251 e. The van der Waals surface area contributed by atoms with Gasteiger partial charge in [0.25, 0.3) is 5.91 Å². The molecular weight excluding hydrogens is 356 g/mol. The van der Waals surface area contributed by atoms with Crippen LogP contribution in [0.2, 0.25) is 5.02 Å². The van der Waals surface area contributed by atoms with Crippen LogP contribution in [0.3, 0.4) is 0 Å². The van der Waals surface area contributed by atoms with Crippen LogP contribution in [-0.4, -0.2) is 17.9 Å². The lowest BCUT2D eigenvalue weighted by atomic mass is 9.95. The molecule has 0 atom stereocenters. The average molecular weight is 377 g/mol. The molecule has 0 unspecified atom stereocenters. The highest BCUT2D eigenvalue weighted by atomic mass is 35.5. The molecule has 0 saturated heterocycles. The first-order valence-corrected chi connectivity index (χ1v) is 9.80. The molecule has 25 heavy (non-hydrogen) atoms. The molecule has 2 N–H and O–H groups in total. The van der Waals surface area contributed by atoms with Crippen molar-refractivity contribution < 1.29 is 9.59 Å². The van der Waals surface area contributed by atoms with Gasteiger partial charge in [0.1, 0.15) is 0 Å². The number of carbonyl (C=O) groups is 2. The zero-order chi connectivity index (χ0) is 17.6. The minimum atomic E-state index is -0.144. The summed E-state index contributed by atoms with van der Waals surface area (Å²) in [6.07, 6.45) is 5.93. The van der Waals surface area contributed by atoms with Gasteiger partial charge in [-0.3, -0.25) is 9.59 Å². The lowest BCUT2D eigenvalue weighted by Crippen LogP contribution is -2.36. The molecule has 1 aliphatic carbocycles. The number of thiophene rings is 1. The van der Waals surface area contributed by atoms with E-state index in [-0.39, 0.29) is 17.9 Å². The van der Waals surface area contributed by atoms with Crippen LogP contribution in [0, 0.1) is 0 Å². The minimum Gasteiger partial charge on any atom is -0.349 e. The predicted octanol–water partition coefficient (Wildman–Crippen LogP) is 4.65. The van der Waals surface area contributed by atoms with Crippen LogP contribution < -0.4 is 10.6 Å². The molecule has 1 aliphatic rings. The number of benzene rings is 1. The van der Waals surface area contributed by atoms with E-state index in [0.717, 1.165) is 30.6 Å². The van der Waals surface area contributed by atoms with Crippen molar-refractivity contribution in [3.8, 4) is 0 Å². The standard InChI is InChI=1S/C19H21ClN2O2S/c20-16-9-8-13(19(24)21-14-5-2-1-3-6-14)11-17(16)22-18(23)12-15-7-4-10-25-15/h4,7-11,14H,1-3,5-6,12H2,(H,21,24)(H,22,23). The van der Waals surface area contributed by atoms with E-state index in [0.29, 0.717) is 22.7 Å². The molecule has 1 fully saturated rings. The van der Waals surface area contributed by atoms with E-state index in [2.05, 4.69) is 10.6 Å². The molecule has 0 aliphatic heterocycles. The average Bonchev–Trinajstić information content (AvgIpc) is 3.10. The number of amides is 2. The Bertz CT molecular complexity index is 740. The van der Waals surface area contributed by atoms with Crippen molar-refractivity contribution in [3.63, 3.8) is 0 Å². The zero-order valence-electron chi connectivity index (χ0n) is 13.9. The normalized spacial score (nSPS) is 14.9. The summed E-state index contributed by atoms with van der Waals surface area (Å²) >= 11 is 7.71. The van der Waals surface area contributed by atoms with Gasteiger partial charge in [0.2, 0.25) is 5.91 Å². The monoisotopic (exact) mass is 376 g/mol. The molecule has 1 aromatic carbocycles. The number of nitrogens with one attached hydrogen (secondary N) is 2. The highest BCUT2D eigenvalue weighted by Gasteiger charge is 2.17. The van der Waals surface area contributed by atoms with Gasteiger partial charge in [-0.25, -0.2) is 0 Å². The van der Waals surface area contributed by atoms with Gasteiger partial charge in [0.15, 0.2) is 0 Å². The fraction of sp³-hybridized carbons (Fsp3) is 0.368. The van der Waals surface area contributed by atoms with Crippen LogP contribution >= 0.6 is 22.9 Å². The Hall–Kier alpha value is -1.85. The first kappa shape index (κ1) is 18.0. The van der Waals surface area contributed by atoms with Gasteiger partial charge >= 0.3 is 0 Å². The van der Waals surface area contributed by atoms with E-state index in [1.54, 1.807) is 18.2 Å². The third-order valence-electron chi connectivity index (χ3n) is 4.36. The first-order valence-electron chi connectivity index (χ1n) is 8.54. The zero-order valence-corrected chi connectivity index (χ0v) is 15.5. The molecular formula is C19H21ClN2O2S. The number of rotatable bonds is 5. The molecule has 2 aromatic rings. The number of carbonyl (C=O) groups excluding carboxylic acids is 2. The van der Waals surface area contributed by atoms with E-state index in [1.807, 2.05) is 17.5 Å².